The van der Waals surface area contributed by atoms with Crippen molar-refractivity contribution in [2.45, 2.75) is 45.4 Å². The molecule has 0 aliphatic rings. The van der Waals surface area contributed by atoms with Gasteiger partial charge in [-0.2, -0.15) is 5.26 Å². The maximum atomic E-state index is 13.6. The summed E-state index contributed by atoms with van der Waals surface area (Å²) in [4.78, 5) is 0. The summed E-state index contributed by atoms with van der Waals surface area (Å²) >= 11 is 0. The molecule has 1 nitrogen and oxygen atoms in total. The Bertz CT molecular complexity index is 708. The number of halogens is 1. The Hall–Kier alpha value is -2.40. The monoisotopic (exact) mass is 321 g/mol. The highest BCUT2D eigenvalue weighted by molar-refractivity contribution is 5.49. The quantitative estimate of drug-likeness (QED) is 0.541. The van der Waals surface area contributed by atoms with E-state index in [-0.39, 0.29) is 5.56 Å². The molecule has 0 unspecified atom stereocenters. The van der Waals surface area contributed by atoms with Gasteiger partial charge in [0.2, 0.25) is 0 Å². The number of rotatable bonds is 8. The van der Waals surface area contributed by atoms with Gasteiger partial charge in [0.05, 0.1) is 5.56 Å². The molecule has 0 N–H and O–H groups in total. The second kappa shape index (κ2) is 9.67. The van der Waals surface area contributed by atoms with E-state index < -0.39 is 5.82 Å². The standard InChI is InChI=1S/C22H24FN/c1-2-3-4-5-6-7-18-8-10-19(11-9-18)12-13-20-14-15-21(17-24)22(23)16-20/h6-11,14-16H,2-5,12-13H2,1H3/b7-6+. The fourth-order valence-electron chi connectivity index (χ4n) is 2.62. The molecular weight excluding hydrogens is 297 g/mol. The summed E-state index contributed by atoms with van der Waals surface area (Å²) in [6.45, 7) is 2.22. The van der Waals surface area contributed by atoms with Crippen LogP contribution in [-0.4, -0.2) is 0 Å². The van der Waals surface area contributed by atoms with Gasteiger partial charge in [0.15, 0.2) is 0 Å². The van der Waals surface area contributed by atoms with Gasteiger partial charge in [0, 0.05) is 0 Å². The van der Waals surface area contributed by atoms with Crippen molar-refractivity contribution in [1.82, 2.24) is 0 Å². The minimum absolute atomic E-state index is 0.105. The zero-order chi connectivity index (χ0) is 17.2. The van der Waals surface area contributed by atoms with Crippen LogP contribution in [0.1, 0.15) is 54.9 Å². The largest absolute Gasteiger partial charge is 0.206 e. The number of benzene rings is 2. The lowest BCUT2D eigenvalue weighted by molar-refractivity contribution is 0.621. The van der Waals surface area contributed by atoms with Crippen LogP contribution in [-0.2, 0) is 12.8 Å². The predicted octanol–water partition coefficient (Wildman–Crippen LogP) is 6.08. The minimum atomic E-state index is -0.432. The molecule has 0 bridgehead atoms. The third-order valence-corrected chi connectivity index (χ3v) is 4.12. The Morgan fingerprint density at radius 2 is 1.71 bits per heavy atom. The Kier molecular flexibility index (Phi) is 7.23. The van der Waals surface area contributed by atoms with Gasteiger partial charge in [-0.05, 0) is 54.5 Å². The van der Waals surface area contributed by atoms with Crippen LogP contribution in [0, 0.1) is 17.1 Å². The SMILES string of the molecule is CCCCC/C=C/c1ccc(CCc2ccc(C#N)c(F)c2)cc1. The fourth-order valence-corrected chi connectivity index (χ4v) is 2.62. The molecule has 0 saturated heterocycles. The maximum absolute atomic E-state index is 13.6. The maximum Gasteiger partial charge on any atom is 0.141 e. The van der Waals surface area contributed by atoms with Crippen molar-refractivity contribution in [2.75, 3.05) is 0 Å². The van der Waals surface area contributed by atoms with E-state index in [4.69, 9.17) is 5.26 Å². The summed E-state index contributed by atoms with van der Waals surface area (Å²) in [5.74, 6) is -0.432. The van der Waals surface area contributed by atoms with Crippen molar-refractivity contribution >= 4 is 6.08 Å². The molecule has 0 aliphatic carbocycles. The van der Waals surface area contributed by atoms with E-state index in [1.165, 1.54) is 36.5 Å². The topological polar surface area (TPSA) is 23.8 Å². The van der Waals surface area contributed by atoms with Crippen LogP contribution in [0.25, 0.3) is 6.08 Å². The highest BCUT2D eigenvalue weighted by Gasteiger charge is 2.03. The third-order valence-electron chi connectivity index (χ3n) is 4.12. The van der Waals surface area contributed by atoms with E-state index in [1.54, 1.807) is 6.07 Å². The number of nitriles is 1. The highest BCUT2D eigenvalue weighted by atomic mass is 19.1. The van der Waals surface area contributed by atoms with Crippen LogP contribution < -0.4 is 0 Å². The number of nitrogens with zero attached hydrogens (tertiary/aromatic N) is 1. The lowest BCUT2D eigenvalue weighted by atomic mass is 10.0. The van der Waals surface area contributed by atoms with Crippen LogP contribution in [0.15, 0.2) is 48.5 Å². The Morgan fingerprint density at radius 1 is 1.00 bits per heavy atom. The van der Waals surface area contributed by atoms with Gasteiger partial charge in [-0.15, -0.1) is 0 Å². The van der Waals surface area contributed by atoms with E-state index in [0.29, 0.717) is 0 Å². The average Bonchev–Trinajstić information content (AvgIpc) is 2.61. The first-order valence-corrected chi connectivity index (χ1v) is 8.67. The van der Waals surface area contributed by atoms with Crippen molar-refractivity contribution in [3.63, 3.8) is 0 Å². The van der Waals surface area contributed by atoms with Gasteiger partial charge in [0.1, 0.15) is 11.9 Å². The Balaban J connectivity index is 1.85. The number of allylic oxidation sites excluding steroid dienone is 1. The van der Waals surface area contributed by atoms with Crippen molar-refractivity contribution < 1.29 is 4.39 Å². The fraction of sp³-hybridized carbons (Fsp3) is 0.318. The highest BCUT2D eigenvalue weighted by Crippen LogP contribution is 2.14. The number of hydrogen-bond acceptors (Lipinski definition) is 1. The molecule has 0 heterocycles. The normalized spacial score (nSPS) is 10.9. The molecule has 0 aromatic heterocycles. The van der Waals surface area contributed by atoms with E-state index in [9.17, 15) is 4.39 Å². The lowest BCUT2D eigenvalue weighted by Crippen LogP contribution is -1.94. The van der Waals surface area contributed by atoms with Crippen molar-refractivity contribution in [1.29, 1.82) is 5.26 Å². The summed E-state index contributed by atoms with van der Waals surface area (Å²) in [5, 5.41) is 8.75. The molecule has 2 rings (SSSR count). The lowest BCUT2D eigenvalue weighted by Gasteiger charge is -2.04. The van der Waals surface area contributed by atoms with Gasteiger partial charge in [-0.25, -0.2) is 4.39 Å². The zero-order valence-electron chi connectivity index (χ0n) is 14.3. The van der Waals surface area contributed by atoms with E-state index in [2.05, 4.69) is 43.3 Å². The van der Waals surface area contributed by atoms with Crippen LogP contribution in [0.2, 0.25) is 0 Å². The zero-order valence-corrected chi connectivity index (χ0v) is 14.3. The summed E-state index contributed by atoms with van der Waals surface area (Å²) in [5.41, 5.74) is 3.49. The molecule has 0 saturated carbocycles. The summed E-state index contributed by atoms with van der Waals surface area (Å²) in [6, 6.07) is 15.2. The van der Waals surface area contributed by atoms with Gasteiger partial charge in [0.25, 0.3) is 0 Å². The van der Waals surface area contributed by atoms with Gasteiger partial charge in [-0.3, -0.25) is 0 Å². The van der Waals surface area contributed by atoms with E-state index in [1.807, 2.05) is 12.1 Å². The molecule has 0 spiro atoms. The molecule has 2 heteroatoms. The number of unbranched alkanes of at least 4 members (excludes halogenated alkanes) is 3. The average molecular weight is 321 g/mol. The third kappa shape index (κ3) is 5.66. The second-order valence-corrected chi connectivity index (χ2v) is 6.07. The number of hydrogen-bond donors (Lipinski definition) is 0. The first kappa shape index (κ1) is 17.9. The van der Waals surface area contributed by atoms with Crippen molar-refractivity contribution in [3.05, 3.63) is 76.6 Å². The number of aryl methyl sites for hydroxylation is 2. The van der Waals surface area contributed by atoms with Crippen LogP contribution in [0.4, 0.5) is 4.39 Å². The van der Waals surface area contributed by atoms with Crippen molar-refractivity contribution in [2.24, 2.45) is 0 Å². The minimum Gasteiger partial charge on any atom is -0.206 e. The summed E-state index contributed by atoms with van der Waals surface area (Å²) < 4.78 is 13.6. The Labute approximate surface area is 144 Å². The van der Waals surface area contributed by atoms with Gasteiger partial charge < -0.3 is 0 Å². The molecule has 0 aliphatic heterocycles. The van der Waals surface area contributed by atoms with Crippen molar-refractivity contribution in [3.8, 4) is 6.07 Å². The smallest absolute Gasteiger partial charge is 0.141 e. The van der Waals surface area contributed by atoms with E-state index >= 15 is 0 Å². The molecule has 2 aromatic carbocycles. The van der Waals surface area contributed by atoms with E-state index in [0.717, 1.165) is 24.8 Å². The van der Waals surface area contributed by atoms with Crippen LogP contribution in [0.3, 0.4) is 0 Å². The Morgan fingerprint density at radius 3 is 2.38 bits per heavy atom. The molecule has 2 aromatic rings. The molecule has 0 atom stereocenters. The molecule has 24 heavy (non-hydrogen) atoms. The molecule has 0 radical (unpaired) electrons. The second-order valence-electron chi connectivity index (χ2n) is 6.07. The predicted molar refractivity (Wildman–Crippen MR) is 98.1 cm³/mol. The molecular formula is C22H24FN. The first-order valence-electron chi connectivity index (χ1n) is 8.67. The molecule has 0 amide bonds. The first-order chi connectivity index (χ1) is 11.7. The van der Waals surface area contributed by atoms with Gasteiger partial charge >= 0.3 is 0 Å². The van der Waals surface area contributed by atoms with Gasteiger partial charge in [-0.1, -0.05) is 62.2 Å². The molecule has 0 fully saturated rings. The summed E-state index contributed by atoms with van der Waals surface area (Å²) in [6.07, 6.45) is 11.0. The van der Waals surface area contributed by atoms with Crippen LogP contribution in [0.5, 0.6) is 0 Å². The molecule has 124 valence electrons. The summed E-state index contributed by atoms with van der Waals surface area (Å²) in [7, 11) is 0. The van der Waals surface area contributed by atoms with Crippen LogP contribution >= 0.6 is 0 Å².